The van der Waals surface area contributed by atoms with E-state index in [0.717, 1.165) is 32.1 Å². The summed E-state index contributed by atoms with van der Waals surface area (Å²) in [6, 6.07) is 7.22. The fraction of sp³-hybridized carbons (Fsp3) is 0.526. The second-order valence-corrected chi connectivity index (χ2v) is 6.92. The molecule has 2 aliphatic rings. The fourth-order valence-electron chi connectivity index (χ4n) is 3.36. The van der Waals surface area contributed by atoms with Crippen molar-refractivity contribution in [2.24, 2.45) is 5.92 Å². The van der Waals surface area contributed by atoms with Crippen molar-refractivity contribution in [3.05, 3.63) is 35.4 Å². The van der Waals surface area contributed by atoms with Crippen LogP contribution in [0.1, 0.15) is 66.2 Å². The van der Waals surface area contributed by atoms with E-state index in [-0.39, 0.29) is 29.6 Å². The standard InChI is InChI=1S/C19H24N2O3/c1-12(22)16-7-2-3-8-17(16)19(24)21-15-6-4-5-13(11-15)18(23)20-14-9-10-14/h2-3,7-8,13-15H,4-6,9-11H2,1H3,(H,20,23)(H,21,24)/t13-,15-/m1/s1. The molecule has 24 heavy (non-hydrogen) atoms. The smallest absolute Gasteiger partial charge is 0.252 e. The lowest BCUT2D eigenvalue weighted by Gasteiger charge is -2.29. The van der Waals surface area contributed by atoms with Crippen LogP contribution in [0.2, 0.25) is 0 Å². The number of amides is 2. The van der Waals surface area contributed by atoms with E-state index in [1.54, 1.807) is 24.3 Å². The van der Waals surface area contributed by atoms with Gasteiger partial charge in [0, 0.05) is 23.6 Å². The number of rotatable bonds is 5. The van der Waals surface area contributed by atoms with Gasteiger partial charge in [-0.15, -0.1) is 0 Å². The van der Waals surface area contributed by atoms with Gasteiger partial charge in [-0.05, 0) is 45.1 Å². The molecule has 2 amide bonds. The molecular formula is C19H24N2O3. The third-order valence-corrected chi connectivity index (χ3v) is 4.85. The summed E-state index contributed by atoms with van der Waals surface area (Å²) in [6.45, 7) is 1.46. The van der Waals surface area contributed by atoms with E-state index in [9.17, 15) is 14.4 Å². The average Bonchev–Trinajstić information content (AvgIpc) is 3.39. The lowest BCUT2D eigenvalue weighted by atomic mass is 9.85. The minimum atomic E-state index is -0.228. The molecule has 3 rings (SSSR count). The van der Waals surface area contributed by atoms with Crippen molar-refractivity contribution < 1.29 is 14.4 Å². The molecule has 0 radical (unpaired) electrons. The van der Waals surface area contributed by atoms with Crippen LogP contribution in [0.15, 0.2) is 24.3 Å². The molecule has 2 N–H and O–H groups in total. The molecule has 5 heteroatoms. The Kier molecular flexibility index (Phi) is 4.97. The van der Waals surface area contributed by atoms with Crippen LogP contribution in [0.25, 0.3) is 0 Å². The van der Waals surface area contributed by atoms with Gasteiger partial charge in [-0.2, -0.15) is 0 Å². The molecule has 128 valence electrons. The van der Waals surface area contributed by atoms with Crippen molar-refractivity contribution in [1.82, 2.24) is 10.6 Å². The van der Waals surface area contributed by atoms with Gasteiger partial charge in [-0.25, -0.2) is 0 Å². The summed E-state index contributed by atoms with van der Waals surface area (Å²) in [4.78, 5) is 36.4. The normalized spacial score (nSPS) is 23.4. The summed E-state index contributed by atoms with van der Waals surface area (Å²) < 4.78 is 0. The first kappa shape index (κ1) is 16.7. The number of carbonyl (C=O) groups is 3. The van der Waals surface area contributed by atoms with Gasteiger partial charge >= 0.3 is 0 Å². The molecule has 2 fully saturated rings. The molecule has 1 aromatic carbocycles. The highest BCUT2D eigenvalue weighted by Gasteiger charge is 2.32. The van der Waals surface area contributed by atoms with Crippen LogP contribution in [-0.2, 0) is 4.79 Å². The molecule has 0 unspecified atom stereocenters. The van der Waals surface area contributed by atoms with Crippen LogP contribution in [0.5, 0.6) is 0 Å². The van der Waals surface area contributed by atoms with E-state index in [1.165, 1.54) is 6.92 Å². The second kappa shape index (κ2) is 7.16. The Hall–Kier alpha value is -2.17. The highest BCUT2D eigenvalue weighted by atomic mass is 16.2. The summed E-state index contributed by atoms with van der Waals surface area (Å²) in [5.41, 5.74) is 0.850. The maximum absolute atomic E-state index is 12.5. The van der Waals surface area contributed by atoms with Gasteiger partial charge < -0.3 is 10.6 Å². The van der Waals surface area contributed by atoms with Crippen LogP contribution < -0.4 is 10.6 Å². The summed E-state index contributed by atoms with van der Waals surface area (Å²) in [5.74, 6) is -0.242. The number of benzene rings is 1. The maximum Gasteiger partial charge on any atom is 0.252 e. The van der Waals surface area contributed by atoms with Crippen molar-refractivity contribution in [3.63, 3.8) is 0 Å². The van der Waals surface area contributed by atoms with Crippen molar-refractivity contribution in [3.8, 4) is 0 Å². The summed E-state index contributed by atoms with van der Waals surface area (Å²) in [6.07, 6.45) is 5.53. The van der Waals surface area contributed by atoms with E-state index >= 15 is 0 Å². The van der Waals surface area contributed by atoms with Gasteiger partial charge in [-0.3, -0.25) is 14.4 Å². The number of hydrogen-bond donors (Lipinski definition) is 2. The molecule has 0 bridgehead atoms. The Balaban J connectivity index is 1.61. The third-order valence-electron chi connectivity index (χ3n) is 4.85. The van der Waals surface area contributed by atoms with E-state index in [0.29, 0.717) is 23.6 Å². The molecule has 5 nitrogen and oxygen atoms in total. The minimum Gasteiger partial charge on any atom is -0.353 e. The second-order valence-electron chi connectivity index (χ2n) is 6.92. The lowest BCUT2D eigenvalue weighted by Crippen LogP contribution is -2.43. The molecule has 0 spiro atoms. The maximum atomic E-state index is 12.5. The van der Waals surface area contributed by atoms with E-state index in [1.807, 2.05) is 0 Å². The topological polar surface area (TPSA) is 75.3 Å². The van der Waals surface area contributed by atoms with Gasteiger partial charge in [0.2, 0.25) is 5.91 Å². The highest BCUT2D eigenvalue weighted by Crippen LogP contribution is 2.27. The minimum absolute atomic E-state index is 0.0128. The van der Waals surface area contributed by atoms with E-state index in [4.69, 9.17) is 0 Å². The number of Topliss-reactive ketones (excluding diaryl/α,β-unsaturated/α-hetero) is 1. The Morgan fingerprint density at radius 3 is 2.29 bits per heavy atom. The first-order valence-corrected chi connectivity index (χ1v) is 8.76. The summed E-state index contributed by atoms with van der Waals surface area (Å²) in [5, 5.41) is 6.07. The Labute approximate surface area is 142 Å². The lowest BCUT2D eigenvalue weighted by molar-refractivity contribution is -0.126. The van der Waals surface area contributed by atoms with Crippen LogP contribution in [0.3, 0.4) is 0 Å². The average molecular weight is 328 g/mol. The van der Waals surface area contributed by atoms with Crippen molar-refractivity contribution in [2.75, 3.05) is 0 Å². The highest BCUT2D eigenvalue weighted by molar-refractivity contribution is 6.07. The predicted molar refractivity (Wildman–Crippen MR) is 90.8 cm³/mol. The van der Waals surface area contributed by atoms with Gasteiger partial charge in [-0.1, -0.05) is 24.6 Å². The van der Waals surface area contributed by atoms with E-state index < -0.39 is 0 Å². The fourth-order valence-corrected chi connectivity index (χ4v) is 3.36. The SMILES string of the molecule is CC(=O)c1ccccc1C(=O)N[C@@H]1CCC[C@@H](C(=O)NC2CC2)C1. The quantitative estimate of drug-likeness (QED) is 0.815. The van der Waals surface area contributed by atoms with Gasteiger partial charge in [0.25, 0.3) is 5.91 Å². The van der Waals surface area contributed by atoms with Crippen LogP contribution >= 0.6 is 0 Å². The molecule has 1 aromatic rings. The monoisotopic (exact) mass is 328 g/mol. The molecule has 2 atom stereocenters. The molecule has 0 heterocycles. The molecule has 0 saturated heterocycles. The van der Waals surface area contributed by atoms with Gasteiger partial charge in [0.15, 0.2) is 5.78 Å². The zero-order valence-corrected chi connectivity index (χ0v) is 14.0. The summed E-state index contributed by atoms with van der Waals surface area (Å²) in [7, 11) is 0. The largest absolute Gasteiger partial charge is 0.353 e. The first-order valence-electron chi connectivity index (χ1n) is 8.76. The van der Waals surface area contributed by atoms with Crippen LogP contribution in [-0.4, -0.2) is 29.7 Å². The van der Waals surface area contributed by atoms with Crippen molar-refractivity contribution >= 4 is 17.6 Å². The number of carbonyl (C=O) groups excluding carboxylic acids is 3. The molecule has 2 saturated carbocycles. The number of nitrogens with one attached hydrogen (secondary N) is 2. The van der Waals surface area contributed by atoms with Gasteiger partial charge in [0.05, 0.1) is 5.56 Å². The molecule has 0 aromatic heterocycles. The zero-order chi connectivity index (χ0) is 17.1. The molecule has 0 aliphatic heterocycles. The van der Waals surface area contributed by atoms with Crippen molar-refractivity contribution in [1.29, 1.82) is 0 Å². The zero-order valence-electron chi connectivity index (χ0n) is 14.0. The van der Waals surface area contributed by atoms with Gasteiger partial charge in [0.1, 0.15) is 0 Å². The molecule has 2 aliphatic carbocycles. The molecular weight excluding hydrogens is 304 g/mol. The predicted octanol–water partition coefficient (Wildman–Crippen LogP) is 2.46. The number of hydrogen-bond acceptors (Lipinski definition) is 3. The van der Waals surface area contributed by atoms with E-state index in [2.05, 4.69) is 10.6 Å². The number of ketones is 1. The Morgan fingerprint density at radius 1 is 0.917 bits per heavy atom. The third kappa shape index (κ3) is 4.02. The van der Waals surface area contributed by atoms with Crippen LogP contribution in [0.4, 0.5) is 0 Å². The van der Waals surface area contributed by atoms with Crippen LogP contribution in [0, 0.1) is 5.92 Å². The van der Waals surface area contributed by atoms with Crippen molar-refractivity contribution in [2.45, 2.75) is 57.5 Å². The Morgan fingerprint density at radius 2 is 1.62 bits per heavy atom. The Bertz CT molecular complexity index is 652. The first-order chi connectivity index (χ1) is 11.5. The summed E-state index contributed by atoms with van der Waals surface area (Å²) >= 11 is 0.